The molecule has 6 nitrogen and oxygen atoms in total. The molecule has 0 atom stereocenters. The number of carbonyl (C=O) groups is 2. The lowest BCUT2D eigenvalue weighted by atomic mass is 10.1. The molecule has 0 radical (unpaired) electrons. The molecule has 0 spiro atoms. The number of anilines is 2. The third-order valence-corrected chi connectivity index (χ3v) is 5.40. The van der Waals surface area contributed by atoms with Gasteiger partial charge < -0.3 is 15.4 Å². The van der Waals surface area contributed by atoms with Gasteiger partial charge in [-0.1, -0.05) is 46.3 Å². The Morgan fingerprint density at radius 2 is 1.79 bits per heavy atom. The number of ether oxygens (including phenoxy) is 1. The number of nitrogens with zero attached hydrogens (tertiary/aromatic N) is 1. The van der Waals surface area contributed by atoms with E-state index in [9.17, 15) is 14.9 Å². The lowest BCUT2D eigenvalue weighted by Crippen LogP contribution is -2.21. The van der Waals surface area contributed by atoms with E-state index in [1.165, 1.54) is 6.08 Å². The molecule has 0 aliphatic carbocycles. The quantitative estimate of drug-likeness (QED) is 0.322. The number of benzene rings is 3. The van der Waals surface area contributed by atoms with Gasteiger partial charge in [-0.25, -0.2) is 0 Å². The van der Waals surface area contributed by atoms with Gasteiger partial charge in [-0.15, -0.1) is 0 Å². The van der Waals surface area contributed by atoms with E-state index in [0.29, 0.717) is 17.0 Å². The summed E-state index contributed by atoms with van der Waals surface area (Å²) in [5, 5.41) is 15.1. The Morgan fingerprint density at radius 1 is 1.03 bits per heavy atom. The van der Waals surface area contributed by atoms with Gasteiger partial charge in [0.2, 0.25) is 0 Å². The maximum atomic E-state index is 12.6. The van der Waals surface area contributed by atoms with Crippen molar-refractivity contribution in [3.63, 3.8) is 0 Å². The molecule has 3 aromatic rings. The first-order valence-electron chi connectivity index (χ1n) is 10.1. The summed E-state index contributed by atoms with van der Waals surface area (Å²) in [6, 6.07) is 21.6. The molecule has 0 unspecified atom stereocenters. The Kier molecular flexibility index (Phi) is 8.01. The van der Waals surface area contributed by atoms with Crippen LogP contribution in [0.2, 0.25) is 0 Å². The molecule has 0 saturated heterocycles. The van der Waals surface area contributed by atoms with Crippen molar-refractivity contribution < 1.29 is 14.3 Å². The van der Waals surface area contributed by atoms with Crippen LogP contribution >= 0.6 is 15.9 Å². The maximum absolute atomic E-state index is 12.6. The average molecular weight is 504 g/mol. The lowest BCUT2D eigenvalue weighted by molar-refractivity contribution is -0.118. The minimum absolute atomic E-state index is 0.0957. The van der Waals surface area contributed by atoms with Gasteiger partial charge in [0.25, 0.3) is 11.8 Å². The van der Waals surface area contributed by atoms with Crippen LogP contribution in [0.25, 0.3) is 6.08 Å². The number of nitrogens with one attached hydrogen (secondary N) is 2. The van der Waals surface area contributed by atoms with Crippen LogP contribution in [0, 0.1) is 25.2 Å². The van der Waals surface area contributed by atoms with Crippen molar-refractivity contribution in [2.75, 3.05) is 17.2 Å². The predicted octanol–water partition coefficient (Wildman–Crippen LogP) is 5.63. The Morgan fingerprint density at radius 3 is 2.52 bits per heavy atom. The number of hydrogen-bond acceptors (Lipinski definition) is 4. The molecule has 3 rings (SSSR count). The highest BCUT2D eigenvalue weighted by Crippen LogP contribution is 2.26. The van der Waals surface area contributed by atoms with E-state index in [4.69, 9.17) is 4.74 Å². The summed E-state index contributed by atoms with van der Waals surface area (Å²) in [6.45, 7) is 3.68. The van der Waals surface area contributed by atoms with Crippen molar-refractivity contribution in [3.8, 4) is 11.8 Å². The van der Waals surface area contributed by atoms with Gasteiger partial charge in [0.05, 0.1) is 0 Å². The van der Waals surface area contributed by atoms with Crippen LogP contribution in [0.4, 0.5) is 11.4 Å². The van der Waals surface area contributed by atoms with Crippen molar-refractivity contribution in [2.45, 2.75) is 13.8 Å². The van der Waals surface area contributed by atoms with Crippen LogP contribution < -0.4 is 15.4 Å². The number of amides is 2. The third kappa shape index (κ3) is 6.55. The second kappa shape index (κ2) is 11.1. The third-order valence-electron chi connectivity index (χ3n) is 4.91. The molecule has 0 bridgehead atoms. The monoisotopic (exact) mass is 503 g/mol. The van der Waals surface area contributed by atoms with Gasteiger partial charge in [0, 0.05) is 21.4 Å². The minimum atomic E-state index is -0.540. The number of nitriles is 1. The number of halogens is 1. The van der Waals surface area contributed by atoms with Crippen LogP contribution in [-0.4, -0.2) is 18.4 Å². The number of aryl methyl sites for hydroxylation is 1. The molecule has 0 heterocycles. The highest BCUT2D eigenvalue weighted by atomic mass is 79.9. The summed E-state index contributed by atoms with van der Waals surface area (Å²) in [5.41, 5.74) is 3.76. The molecule has 166 valence electrons. The Balaban J connectivity index is 1.75. The van der Waals surface area contributed by atoms with Crippen LogP contribution in [0.5, 0.6) is 5.75 Å². The largest absolute Gasteiger partial charge is 0.483 e. The molecule has 2 amide bonds. The summed E-state index contributed by atoms with van der Waals surface area (Å²) in [7, 11) is 0. The molecule has 7 heteroatoms. The summed E-state index contributed by atoms with van der Waals surface area (Å²) >= 11 is 3.39. The van der Waals surface area contributed by atoms with E-state index < -0.39 is 5.91 Å². The molecule has 33 heavy (non-hydrogen) atoms. The Hall–Kier alpha value is -3.89. The maximum Gasteiger partial charge on any atom is 0.266 e. The van der Waals surface area contributed by atoms with Crippen LogP contribution in [-0.2, 0) is 9.59 Å². The zero-order valence-corrected chi connectivity index (χ0v) is 19.8. The first kappa shape index (κ1) is 23.8. The molecular weight excluding hydrogens is 482 g/mol. The van der Waals surface area contributed by atoms with Crippen molar-refractivity contribution in [3.05, 3.63) is 93.5 Å². The molecule has 0 aliphatic rings. The molecule has 0 aliphatic heterocycles. The Bertz CT molecular complexity index is 1250. The number of carbonyl (C=O) groups excluding carboxylic acids is 2. The number of rotatable bonds is 7. The van der Waals surface area contributed by atoms with Gasteiger partial charge in [-0.3, -0.25) is 9.59 Å². The van der Waals surface area contributed by atoms with Crippen LogP contribution in [0.3, 0.4) is 0 Å². The average Bonchev–Trinajstić information content (AvgIpc) is 2.80. The molecular formula is C26H22BrN3O3. The summed E-state index contributed by atoms with van der Waals surface area (Å²) in [6.07, 6.45) is 1.43. The van der Waals surface area contributed by atoms with Crippen molar-refractivity contribution in [1.29, 1.82) is 5.26 Å². The standard InChI is InChI=1S/C26H22BrN3O3/c1-17-7-6-10-23(18(17)2)30-25(31)16-33-24-12-11-21(27)14-19(24)13-20(15-28)26(32)29-22-8-4-3-5-9-22/h3-14H,16H2,1-2H3,(H,29,32)(H,30,31)/b20-13+. The van der Waals surface area contributed by atoms with E-state index in [-0.39, 0.29) is 18.1 Å². The first-order chi connectivity index (χ1) is 15.9. The van der Waals surface area contributed by atoms with Gasteiger partial charge in [-0.05, 0) is 67.4 Å². The van der Waals surface area contributed by atoms with E-state index in [0.717, 1.165) is 21.3 Å². The predicted molar refractivity (Wildman–Crippen MR) is 133 cm³/mol. The van der Waals surface area contributed by atoms with Gasteiger partial charge in [0.1, 0.15) is 17.4 Å². The minimum Gasteiger partial charge on any atom is -0.483 e. The summed E-state index contributed by atoms with van der Waals surface area (Å²) < 4.78 is 6.46. The van der Waals surface area contributed by atoms with Gasteiger partial charge in [0.15, 0.2) is 6.61 Å². The zero-order chi connectivity index (χ0) is 23.8. The van der Waals surface area contributed by atoms with Gasteiger partial charge in [-0.2, -0.15) is 5.26 Å². The van der Waals surface area contributed by atoms with E-state index in [2.05, 4.69) is 26.6 Å². The highest BCUT2D eigenvalue weighted by Gasteiger charge is 2.13. The highest BCUT2D eigenvalue weighted by molar-refractivity contribution is 9.10. The lowest BCUT2D eigenvalue weighted by Gasteiger charge is -2.13. The van der Waals surface area contributed by atoms with Crippen molar-refractivity contribution in [2.24, 2.45) is 0 Å². The Labute approximate surface area is 201 Å². The van der Waals surface area contributed by atoms with E-state index in [1.54, 1.807) is 42.5 Å². The number of para-hydroxylation sites is 1. The fourth-order valence-corrected chi connectivity index (χ4v) is 3.38. The first-order valence-corrected chi connectivity index (χ1v) is 10.9. The number of hydrogen-bond donors (Lipinski definition) is 2. The molecule has 0 fully saturated rings. The zero-order valence-electron chi connectivity index (χ0n) is 18.2. The molecule has 0 aromatic heterocycles. The smallest absolute Gasteiger partial charge is 0.266 e. The van der Waals surface area contributed by atoms with E-state index in [1.807, 2.05) is 44.2 Å². The van der Waals surface area contributed by atoms with Crippen LogP contribution in [0.1, 0.15) is 16.7 Å². The summed E-state index contributed by atoms with van der Waals surface area (Å²) in [5.74, 6) is -0.485. The fraction of sp³-hybridized carbons (Fsp3) is 0.115. The van der Waals surface area contributed by atoms with Crippen molar-refractivity contribution in [1.82, 2.24) is 0 Å². The second-order valence-electron chi connectivity index (χ2n) is 7.26. The normalized spacial score (nSPS) is 10.8. The van der Waals surface area contributed by atoms with E-state index >= 15 is 0 Å². The fourth-order valence-electron chi connectivity index (χ4n) is 3.00. The molecule has 2 N–H and O–H groups in total. The topological polar surface area (TPSA) is 91.2 Å². The van der Waals surface area contributed by atoms with Gasteiger partial charge >= 0.3 is 0 Å². The SMILES string of the molecule is Cc1cccc(NC(=O)COc2ccc(Br)cc2/C=C(\C#N)C(=O)Nc2ccccc2)c1C. The molecule has 3 aromatic carbocycles. The summed E-state index contributed by atoms with van der Waals surface area (Å²) in [4.78, 5) is 25.0. The van der Waals surface area contributed by atoms with Crippen LogP contribution in [0.15, 0.2) is 76.8 Å². The molecule has 0 saturated carbocycles. The van der Waals surface area contributed by atoms with Crippen molar-refractivity contribution >= 4 is 45.2 Å². The second-order valence-corrected chi connectivity index (χ2v) is 8.17.